The van der Waals surface area contributed by atoms with Crippen LogP contribution in [0.3, 0.4) is 0 Å². The summed E-state index contributed by atoms with van der Waals surface area (Å²) in [6.07, 6.45) is 4.39. The predicted octanol–water partition coefficient (Wildman–Crippen LogP) is 2.58. The van der Waals surface area contributed by atoms with Gasteiger partial charge in [-0.25, -0.2) is 4.98 Å². The van der Waals surface area contributed by atoms with Crippen LogP contribution in [0.5, 0.6) is 0 Å². The lowest BCUT2D eigenvalue weighted by Crippen LogP contribution is -2.24. The number of carbonyl (C=O) groups is 1. The summed E-state index contributed by atoms with van der Waals surface area (Å²) in [5.41, 5.74) is 0. The molecule has 0 N–H and O–H groups in total. The molecule has 3 nitrogen and oxygen atoms in total. The van der Waals surface area contributed by atoms with Crippen molar-refractivity contribution in [2.24, 2.45) is 5.92 Å². The van der Waals surface area contributed by atoms with Gasteiger partial charge in [0, 0.05) is 20.0 Å². The average Bonchev–Trinajstić information content (AvgIpc) is 2.89. The van der Waals surface area contributed by atoms with E-state index in [1.165, 1.54) is 24.2 Å². The monoisotopic (exact) mass is 224 g/mol. The topological polar surface area (TPSA) is 33.2 Å². The Labute approximate surface area is 94.1 Å². The van der Waals surface area contributed by atoms with Crippen molar-refractivity contribution >= 4 is 22.3 Å². The maximum Gasteiger partial charge on any atom is 0.185 e. The second-order valence-corrected chi connectivity index (χ2v) is 5.05. The van der Waals surface area contributed by atoms with Gasteiger partial charge in [-0.3, -0.25) is 4.79 Å². The molecule has 2 rings (SSSR count). The molecule has 1 aromatic heterocycles. The fourth-order valence-corrected chi connectivity index (χ4v) is 2.41. The zero-order chi connectivity index (χ0) is 10.8. The van der Waals surface area contributed by atoms with Crippen LogP contribution < -0.4 is 4.90 Å². The smallest absolute Gasteiger partial charge is 0.185 e. The molecule has 1 fully saturated rings. The van der Waals surface area contributed by atoms with Crippen LogP contribution in [0.4, 0.5) is 5.13 Å². The Morgan fingerprint density at radius 2 is 2.40 bits per heavy atom. The number of aromatic nitrogens is 1. The Morgan fingerprint density at radius 3 is 2.87 bits per heavy atom. The van der Waals surface area contributed by atoms with Crippen LogP contribution in [0.25, 0.3) is 0 Å². The average molecular weight is 224 g/mol. The molecular weight excluding hydrogens is 208 g/mol. The molecular formula is C11H16N2OS. The Balaban J connectivity index is 2.07. The van der Waals surface area contributed by atoms with Gasteiger partial charge in [-0.05, 0) is 25.7 Å². The van der Waals surface area contributed by atoms with Gasteiger partial charge in [-0.1, -0.05) is 11.3 Å². The van der Waals surface area contributed by atoms with Crippen LogP contribution in [0.2, 0.25) is 0 Å². The van der Waals surface area contributed by atoms with Crippen molar-refractivity contribution in [3.63, 3.8) is 0 Å². The van der Waals surface area contributed by atoms with Crippen LogP contribution in [0.15, 0.2) is 6.20 Å². The number of hydrogen-bond acceptors (Lipinski definition) is 4. The number of rotatable bonds is 5. The molecule has 0 atom stereocenters. The summed E-state index contributed by atoms with van der Waals surface area (Å²) in [7, 11) is 0. The highest BCUT2D eigenvalue weighted by atomic mass is 32.1. The molecule has 0 unspecified atom stereocenters. The fourth-order valence-electron chi connectivity index (χ4n) is 1.53. The van der Waals surface area contributed by atoms with E-state index in [2.05, 4.69) is 16.8 Å². The molecule has 0 radical (unpaired) electrons. The third-order valence-electron chi connectivity index (χ3n) is 2.67. The molecule has 0 bridgehead atoms. The Morgan fingerprint density at radius 1 is 1.67 bits per heavy atom. The zero-order valence-corrected chi connectivity index (χ0v) is 10.0. The molecule has 1 aliphatic carbocycles. The number of Topliss-reactive ketones (excluding diaryl/α,β-unsaturated/α-hetero) is 1. The van der Waals surface area contributed by atoms with Gasteiger partial charge in [-0.2, -0.15) is 0 Å². The summed E-state index contributed by atoms with van der Waals surface area (Å²) < 4.78 is 0. The molecule has 82 valence electrons. The summed E-state index contributed by atoms with van der Waals surface area (Å²) in [6, 6.07) is 0. The van der Waals surface area contributed by atoms with Crippen molar-refractivity contribution in [1.82, 2.24) is 4.98 Å². The van der Waals surface area contributed by atoms with Crippen LogP contribution in [0.1, 0.15) is 36.4 Å². The standard InChI is InChI=1S/C11H16N2OS/c1-3-13(7-9-4-5-9)11-12-6-10(15-11)8(2)14/h6,9H,3-5,7H2,1-2H3. The summed E-state index contributed by atoms with van der Waals surface area (Å²) in [5, 5.41) is 0.995. The lowest BCUT2D eigenvalue weighted by atomic mass is 10.4. The van der Waals surface area contributed by atoms with Crippen molar-refractivity contribution in [2.45, 2.75) is 26.7 Å². The van der Waals surface area contributed by atoms with E-state index >= 15 is 0 Å². The fraction of sp³-hybridized carbons (Fsp3) is 0.636. The van der Waals surface area contributed by atoms with Crippen molar-refractivity contribution in [3.05, 3.63) is 11.1 Å². The number of anilines is 1. The minimum absolute atomic E-state index is 0.112. The van der Waals surface area contributed by atoms with E-state index in [-0.39, 0.29) is 5.78 Å². The highest BCUT2D eigenvalue weighted by Crippen LogP contribution is 2.32. The van der Waals surface area contributed by atoms with Gasteiger partial charge in [0.25, 0.3) is 0 Å². The van der Waals surface area contributed by atoms with Crippen molar-refractivity contribution in [3.8, 4) is 0 Å². The molecule has 1 saturated carbocycles. The van der Waals surface area contributed by atoms with Gasteiger partial charge >= 0.3 is 0 Å². The van der Waals surface area contributed by atoms with Crippen LogP contribution in [-0.2, 0) is 0 Å². The second-order valence-electron chi connectivity index (χ2n) is 4.05. The van der Waals surface area contributed by atoms with Gasteiger partial charge in [-0.15, -0.1) is 0 Å². The molecule has 0 aliphatic heterocycles. The Hall–Kier alpha value is -0.900. The number of thiazole rings is 1. The Kier molecular flexibility index (Phi) is 3.05. The first kappa shape index (κ1) is 10.6. The molecule has 0 spiro atoms. The first-order valence-corrected chi connectivity index (χ1v) is 6.24. The highest BCUT2D eigenvalue weighted by Gasteiger charge is 2.25. The van der Waals surface area contributed by atoms with E-state index in [4.69, 9.17) is 0 Å². The number of ketones is 1. The number of hydrogen-bond donors (Lipinski definition) is 0. The largest absolute Gasteiger partial charge is 0.348 e. The van der Waals surface area contributed by atoms with Crippen LogP contribution in [-0.4, -0.2) is 23.9 Å². The third-order valence-corrected chi connectivity index (χ3v) is 3.83. The molecule has 1 aromatic rings. The first-order valence-electron chi connectivity index (χ1n) is 5.42. The summed E-state index contributed by atoms with van der Waals surface area (Å²) in [4.78, 5) is 18.5. The van der Waals surface area contributed by atoms with Crippen molar-refractivity contribution in [2.75, 3.05) is 18.0 Å². The van der Waals surface area contributed by atoms with E-state index in [1.807, 2.05) is 0 Å². The van der Waals surface area contributed by atoms with E-state index < -0.39 is 0 Å². The minimum atomic E-state index is 0.112. The van der Waals surface area contributed by atoms with Crippen molar-refractivity contribution < 1.29 is 4.79 Å². The lowest BCUT2D eigenvalue weighted by molar-refractivity contribution is 0.102. The Bertz CT molecular complexity index is 357. The van der Waals surface area contributed by atoms with Crippen LogP contribution >= 0.6 is 11.3 Å². The van der Waals surface area contributed by atoms with E-state index in [0.717, 1.165) is 29.0 Å². The van der Waals surface area contributed by atoms with E-state index in [9.17, 15) is 4.79 Å². The SMILES string of the molecule is CCN(CC1CC1)c1ncc(C(C)=O)s1. The highest BCUT2D eigenvalue weighted by molar-refractivity contribution is 7.17. The molecule has 15 heavy (non-hydrogen) atoms. The molecule has 0 aromatic carbocycles. The maximum atomic E-state index is 11.2. The maximum absolute atomic E-state index is 11.2. The molecule has 4 heteroatoms. The summed E-state index contributed by atoms with van der Waals surface area (Å²) in [6.45, 7) is 5.80. The summed E-state index contributed by atoms with van der Waals surface area (Å²) >= 11 is 1.51. The van der Waals surface area contributed by atoms with Gasteiger partial charge in [0.05, 0.1) is 11.1 Å². The normalized spacial score (nSPS) is 15.3. The predicted molar refractivity (Wildman–Crippen MR) is 62.7 cm³/mol. The quantitative estimate of drug-likeness (QED) is 0.721. The van der Waals surface area contributed by atoms with Gasteiger partial charge in [0.15, 0.2) is 10.9 Å². The molecule has 1 aliphatic rings. The van der Waals surface area contributed by atoms with Crippen molar-refractivity contribution in [1.29, 1.82) is 0 Å². The van der Waals surface area contributed by atoms with Gasteiger partial charge in [0.2, 0.25) is 0 Å². The van der Waals surface area contributed by atoms with E-state index in [0.29, 0.717) is 0 Å². The number of nitrogens with zero attached hydrogens (tertiary/aromatic N) is 2. The van der Waals surface area contributed by atoms with Gasteiger partial charge in [0.1, 0.15) is 0 Å². The van der Waals surface area contributed by atoms with E-state index in [1.54, 1.807) is 13.1 Å². The second kappa shape index (κ2) is 4.31. The third kappa shape index (κ3) is 2.56. The molecule has 1 heterocycles. The summed E-state index contributed by atoms with van der Waals surface area (Å²) in [5.74, 6) is 0.968. The van der Waals surface area contributed by atoms with Crippen LogP contribution in [0, 0.1) is 5.92 Å². The minimum Gasteiger partial charge on any atom is -0.348 e. The number of carbonyl (C=O) groups excluding carboxylic acids is 1. The molecule has 0 amide bonds. The lowest BCUT2D eigenvalue weighted by Gasteiger charge is -2.18. The van der Waals surface area contributed by atoms with Gasteiger partial charge < -0.3 is 4.90 Å². The zero-order valence-electron chi connectivity index (χ0n) is 9.19. The first-order chi connectivity index (χ1) is 7.20. The molecule has 0 saturated heterocycles.